The Bertz CT molecular complexity index is 608. The SMILES string of the molecule is CC(C)c1ccc2c(c1)C(NC(=O)C1CCC1C(=O)O)CC2. The van der Waals surface area contributed by atoms with E-state index in [9.17, 15) is 9.59 Å². The van der Waals surface area contributed by atoms with Gasteiger partial charge in [0.25, 0.3) is 0 Å². The van der Waals surface area contributed by atoms with Crippen molar-refractivity contribution >= 4 is 11.9 Å². The molecule has 1 saturated carbocycles. The van der Waals surface area contributed by atoms with Crippen LogP contribution >= 0.6 is 0 Å². The topological polar surface area (TPSA) is 66.4 Å². The summed E-state index contributed by atoms with van der Waals surface area (Å²) >= 11 is 0. The highest BCUT2D eigenvalue weighted by Gasteiger charge is 2.42. The lowest BCUT2D eigenvalue weighted by Crippen LogP contribution is -2.44. The van der Waals surface area contributed by atoms with Crippen LogP contribution in [0.4, 0.5) is 0 Å². The van der Waals surface area contributed by atoms with Gasteiger partial charge in [-0.25, -0.2) is 0 Å². The molecule has 1 amide bonds. The highest BCUT2D eigenvalue weighted by molar-refractivity contribution is 5.86. The molecule has 4 heteroatoms. The van der Waals surface area contributed by atoms with Gasteiger partial charge in [0.1, 0.15) is 0 Å². The van der Waals surface area contributed by atoms with Crippen molar-refractivity contribution in [1.82, 2.24) is 5.32 Å². The first-order valence-corrected chi connectivity index (χ1v) is 8.13. The van der Waals surface area contributed by atoms with Gasteiger partial charge in [0, 0.05) is 0 Å². The van der Waals surface area contributed by atoms with Crippen LogP contribution in [0, 0.1) is 11.8 Å². The van der Waals surface area contributed by atoms with Gasteiger partial charge in [-0.3, -0.25) is 9.59 Å². The Morgan fingerprint density at radius 1 is 1.18 bits per heavy atom. The number of carboxylic acids is 1. The van der Waals surface area contributed by atoms with Gasteiger partial charge in [0.15, 0.2) is 0 Å². The molecule has 3 atom stereocenters. The number of amides is 1. The summed E-state index contributed by atoms with van der Waals surface area (Å²) in [5.41, 5.74) is 3.80. The van der Waals surface area contributed by atoms with Crippen LogP contribution in [-0.2, 0) is 16.0 Å². The smallest absolute Gasteiger partial charge is 0.307 e. The summed E-state index contributed by atoms with van der Waals surface area (Å²) in [6, 6.07) is 6.57. The second kappa shape index (κ2) is 5.75. The predicted molar refractivity (Wildman–Crippen MR) is 83.6 cm³/mol. The monoisotopic (exact) mass is 301 g/mol. The quantitative estimate of drug-likeness (QED) is 0.898. The van der Waals surface area contributed by atoms with E-state index < -0.39 is 11.9 Å². The van der Waals surface area contributed by atoms with Gasteiger partial charge in [-0.15, -0.1) is 0 Å². The Balaban J connectivity index is 1.72. The van der Waals surface area contributed by atoms with Crippen molar-refractivity contribution in [3.05, 3.63) is 34.9 Å². The lowest BCUT2D eigenvalue weighted by Gasteiger charge is -2.33. The maximum absolute atomic E-state index is 12.4. The number of rotatable bonds is 4. The third-order valence-corrected chi connectivity index (χ3v) is 5.16. The minimum Gasteiger partial charge on any atom is -0.481 e. The number of carbonyl (C=O) groups is 2. The molecule has 3 unspecified atom stereocenters. The summed E-state index contributed by atoms with van der Waals surface area (Å²) in [7, 11) is 0. The molecule has 1 aromatic carbocycles. The van der Waals surface area contributed by atoms with E-state index in [0.717, 1.165) is 12.8 Å². The maximum Gasteiger partial charge on any atom is 0.307 e. The molecule has 118 valence electrons. The normalized spacial score (nSPS) is 26.4. The number of nitrogens with one attached hydrogen (secondary N) is 1. The third-order valence-electron chi connectivity index (χ3n) is 5.16. The van der Waals surface area contributed by atoms with E-state index in [4.69, 9.17) is 5.11 Å². The second-order valence-electron chi connectivity index (χ2n) is 6.84. The average Bonchev–Trinajstić information content (AvgIpc) is 2.79. The zero-order chi connectivity index (χ0) is 15.9. The molecule has 0 spiro atoms. The minimum absolute atomic E-state index is 0.0382. The zero-order valence-electron chi connectivity index (χ0n) is 13.1. The van der Waals surface area contributed by atoms with E-state index >= 15 is 0 Å². The number of carboxylic acid groups (broad SMARTS) is 1. The van der Waals surface area contributed by atoms with Crippen molar-refractivity contribution in [2.24, 2.45) is 11.8 Å². The van der Waals surface area contributed by atoms with Crippen LogP contribution in [0.3, 0.4) is 0 Å². The van der Waals surface area contributed by atoms with Gasteiger partial charge >= 0.3 is 5.97 Å². The molecule has 1 fully saturated rings. The summed E-state index contributed by atoms with van der Waals surface area (Å²) in [6.45, 7) is 4.33. The Labute approximate surface area is 130 Å². The van der Waals surface area contributed by atoms with Crippen LogP contribution in [0.15, 0.2) is 18.2 Å². The third kappa shape index (κ3) is 2.62. The second-order valence-corrected chi connectivity index (χ2v) is 6.84. The molecule has 0 bridgehead atoms. The van der Waals surface area contributed by atoms with E-state index in [2.05, 4.69) is 37.4 Å². The molecule has 2 aliphatic rings. The van der Waals surface area contributed by atoms with Crippen molar-refractivity contribution < 1.29 is 14.7 Å². The molecule has 2 N–H and O–H groups in total. The fourth-order valence-corrected chi connectivity index (χ4v) is 3.52. The van der Waals surface area contributed by atoms with Gasteiger partial charge in [-0.05, 0) is 48.3 Å². The molecular formula is C18H23NO3. The Morgan fingerprint density at radius 3 is 2.50 bits per heavy atom. The standard InChI is InChI=1S/C18H23NO3/c1-10(2)12-4-3-11-5-8-16(15(11)9-12)19-17(20)13-6-7-14(13)18(21)22/h3-4,9-10,13-14,16H,5-8H2,1-2H3,(H,19,20)(H,21,22). The Morgan fingerprint density at radius 2 is 1.91 bits per heavy atom. The summed E-state index contributed by atoms with van der Waals surface area (Å²) in [4.78, 5) is 23.4. The molecule has 3 rings (SSSR count). The van der Waals surface area contributed by atoms with E-state index in [1.807, 2.05) is 0 Å². The summed E-state index contributed by atoms with van der Waals surface area (Å²) in [6.07, 6.45) is 3.19. The molecule has 2 aliphatic carbocycles. The Kier molecular flexibility index (Phi) is 3.94. The van der Waals surface area contributed by atoms with Crippen LogP contribution < -0.4 is 5.32 Å². The van der Waals surface area contributed by atoms with Crippen molar-refractivity contribution in [1.29, 1.82) is 0 Å². The first-order valence-electron chi connectivity index (χ1n) is 8.13. The van der Waals surface area contributed by atoms with Gasteiger partial charge < -0.3 is 10.4 Å². The molecule has 4 nitrogen and oxygen atoms in total. The Hall–Kier alpha value is -1.84. The van der Waals surface area contributed by atoms with Crippen molar-refractivity contribution in [3.63, 3.8) is 0 Å². The number of benzene rings is 1. The number of hydrogen-bond acceptors (Lipinski definition) is 2. The lowest BCUT2D eigenvalue weighted by molar-refractivity contribution is -0.153. The molecular weight excluding hydrogens is 278 g/mol. The fraction of sp³-hybridized carbons (Fsp3) is 0.556. The molecule has 0 saturated heterocycles. The zero-order valence-corrected chi connectivity index (χ0v) is 13.1. The lowest BCUT2D eigenvalue weighted by atomic mass is 9.73. The van der Waals surface area contributed by atoms with E-state index in [0.29, 0.717) is 18.8 Å². The molecule has 0 radical (unpaired) electrons. The van der Waals surface area contributed by atoms with Crippen LogP contribution in [0.25, 0.3) is 0 Å². The van der Waals surface area contributed by atoms with Crippen LogP contribution in [0.1, 0.15) is 61.8 Å². The van der Waals surface area contributed by atoms with Crippen molar-refractivity contribution in [2.45, 2.75) is 51.5 Å². The largest absolute Gasteiger partial charge is 0.481 e. The number of aliphatic carboxylic acids is 1. The van der Waals surface area contributed by atoms with Crippen LogP contribution in [0.2, 0.25) is 0 Å². The van der Waals surface area contributed by atoms with E-state index in [1.165, 1.54) is 16.7 Å². The number of hydrogen-bond donors (Lipinski definition) is 2. The summed E-state index contributed by atoms with van der Waals surface area (Å²) in [5.74, 6) is -1.32. The minimum atomic E-state index is -0.847. The molecule has 0 aliphatic heterocycles. The van der Waals surface area contributed by atoms with Gasteiger partial charge in [0.2, 0.25) is 5.91 Å². The highest BCUT2D eigenvalue weighted by atomic mass is 16.4. The van der Waals surface area contributed by atoms with E-state index in [-0.39, 0.29) is 17.9 Å². The summed E-state index contributed by atoms with van der Waals surface area (Å²) < 4.78 is 0. The van der Waals surface area contributed by atoms with Crippen LogP contribution in [0.5, 0.6) is 0 Å². The average molecular weight is 301 g/mol. The number of fused-ring (bicyclic) bond motifs is 1. The maximum atomic E-state index is 12.4. The molecule has 22 heavy (non-hydrogen) atoms. The molecule has 1 aromatic rings. The first-order chi connectivity index (χ1) is 10.5. The van der Waals surface area contributed by atoms with Gasteiger partial charge in [0.05, 0.1) is 17.9 Å². The first kappa shape index (κ1) is 15.1. The molecule has 0 aromatic heterocycles. The van der Waals surface area contributed by atoms with Crippen LogP contribution in [-0.4, -0.2) is 17.0 Å². The summed E-state index contributed by atoms with van der Waals surface area (Å²) in [5, 5.41) is 12.2. The fourth-order valence-electron chi connectivity index (χ4n) is 3.52. The van der Waals surface area contributed by atoms with Gasteiger partial charge in [-0.1, -0.05) is 32.0 Å². The number of aryl methyl sites for hydroxylation is 1. The number of carbonyl (C=O) groups excluding carboxylic acids is 1. The highest BCUT2D eigenvalue weighted by Crippen LogP contribution is 2.37. The molecule has 0 heterocycles. The van der Waals surface area contributed by atoms with E-state index in [1.54, 1.807) is 0 Å². The van der Waals surface area contributed by atoms with Crippen molar-refractivity contribution in [2.75, 3.05) is 0 Å². The van der Waals surface area contributed by atoms with Gasteiger partial charge in [-0.2, -0.15) is 0 Å². The van der Waals surface area contributed by atoms with Crippen molar-refractivity contribution in [3.8, 4) is 0 Å². The predicted octanol–water partition coefficient (Wildman–Crippen LogP) is 3.02.